The highest BCUT2D eigenvalue weighted by Crippen LogP contribution is 2.38. The van der Waals surface area contributed by atoms with Gasteiger partial charge in [0.1, 0.15) is 16.4 Å². The van der Waals surface area contributed by atoms with Crippen molar-refractivity contribution in [3.05, 3.63) is 23.9 Å². The van der Waals surface area contributed by atoms with Crippen LogP contribution in [0, 0.1) is 0 Å². The number of methoxy groups -OCH3 is 1. The number of carboxylic acids is 3. The molecule has 0 radical (unpaired) electrons. The van der Waals surface area contributed by atoms with Gasteiger partial charge in [-0.05, 0) is 12.0 Å². The third kappa shape index (κ3) is 8.74. The summed E-state index contributed by atoms with van der Waals surface area (Å²) in [6, 6.07) is 2.85. The van der Waals surface area contributed by atoms with E-state index in [1.165, 1.54) is 19.4 Å². The summed E-state index contributed by atoms with van der Waals surface area (Å²) in [7, 11) is -2.65. The van der Waals surface area contributed by atoms with Crippen LogP contribution in [0.25, 0.3) is 0 Å². The molecule has 37 heavy (non-hydrogen) atoms. The third-order valence-electron chi connectivity index (χ3n) is 4.53. The Kier molecular flexibility index (Phi) is 10.1. The number of primary sulfonamides is 1. The largest absolute Gasteiger partial charge is 0.495 e. The monoisotopic (exact) mass is 545 g/mol. The van der Waals surface area contributed by atoms with E-state index in [4.69, 9.17) is 46.5 Å². The van der Waals surface area contributed by atoms with E-state index in [1.54, 1.807) is 6.07 Å². The lowest BCUT2D eigenvalue weighted by atomic mass is 9.96. The van der Waals surface area contributed by atoms with Crippen molar-refractivity contribution >= 4 is 39.7 Å². The molecule has 0 atom stereocenters. The van der Waals surface area contributed by atoms with Crippen molar-refractivity contribution < 1.29 is 52.7 Å². The number of hydrogen-bond donors (Lipinski definition) is 7. The number of nitrogens with zero attached hydrogens (tertiary/aromatic N) is 2. The second kappa shape index (κ2) is 12.2. The molecule has 0 aliphatic carbocycles. The molecule has 1 aromatic carbocycles. The van der Waals surface area contributed by atoms with Gasteiger partial charge in [-0.25, -0.2) is 23.3 Å². The number of aliphatic carboxylic acids is 3. The molecule has 0 bridgehead atoms. The van der Waals surface area contributed by atoms with Crippen LogP contribution < -0.4 is 26.1 Å². The molecule has 16 nitrogen and oxygen atoms in total. The fraction of sp³-hybridized carbons (Fsp3) is 0.350. The third-order valence-corrected chi connectivity index (χ3v) is 5.46. The summed E-state index contributed by atoms with van der Waals surface area (Å²) >= 11 is 0. The van der Waals surface area contributed by atoms with Gasteiger partial charge in [0, 0.05) is 11.6 Å². The average Bonchev–Trinajstić information content (AvgIpc) is 2.73. The standard InChI is InChI=1S/C14H19N5O4S.C6H8O7/c1-7(2)8-4-10(22-3)12(24(17,20)21)5-9(8)23-11-6-18-14(16)19-13(11)15;7-3(8)1-6(13,5(11)12)2-4(9)10/h4-7H,1-3H3,(H2,17,20,21)(H4,15,16,18,19);13H,1-2H2,(H,7,8)(H,9,10)(H,11,12). The first-order valence-electron chi connectivity index (χ1n) is 10.1. The predicted octanol–water partition coefficient (Wildman–Crippen LogP) is -0.0358. The Hall–Kier alpha value is -4.22. The summed E-state index contributed by atoms with van der Waals surface area (Å²) < 4.78 is 34.4. The van der Waals surface area contributed by atoms with Crippen LogP contribution >= 0.6 is 0 Å². The minimum atomic E-state index is -4.01. The Morgan fingerprint density at radius 3 is 1.95 bits per heavy atom. The number of carboxylic acid groups (broad SMARTS) is 3. The first kappa shape index (κ1) is 30.8. The van der Waals surface area contributed by atoms with Gasteiger partial charge in [-0.3, -0.25) is 9.59 Å². The molecule has 0 saturated heterocycles. The van der Waals surface area contributed by atoms with Gasteiger partial charge < -0.3 is 41.4 Å². The van der Waals surface area contributed by atoms with E-state index in [1.807, 2.05) is 13.8 Å². The zero-order valence-electron chi connectivity index (χ0n) is 19.9. The number of aromatic nitrogens is 2. The average molecular weight is 546 g/mol. The lowest BCUT2D eigenvalue weighted by Gasteiger charge is -2.18. The molecule has 17 heteroatoms. The van der Waals surface area contributed by atoms with E-state index < -0.39 is 46.4 Å². The normalized spacial score (nSPS) is 11.3. The minimum Gasteiger partial charge on any atom is -0.495 e. The van der Waals surface area contributed by atoms with E-state index in [0.717, 1.165) is 0 Å². The highest BCUT2D eigenvalue weighted by molar-refractivity contribution is 7.89. The maximum absolute atomic E-state index is 11.8. The minimum absolute atomic E-state index is 0.00360. The lowest BCUT2D eigenvalue weighted by molar-refractivity contribution is -0.170. The Labute approximate surface area is 210 Å². The van der Waals surface area contributed by atoms with Gasteiger partial charge in [-0.1, -0.05) is 13.8 Å². The molecule has 1 heterocycles. The van der Waals surface area contributed by atoms with Crippen molar-refractivity contribution in [1.82, 2.24) is 9.97 Å². The van der Waals surface area contributed by atoms with Crippen molar-refractivity contribution in [3.8, 4) is 17.2 Å². The number of carbonyl (C=O) groups is 3. The second-order valence-electron chi connectivity index (χ2n) is 7.80. The topological polar surface area (TPSA) is 289 Å². The van der Waals surface area contributed by atoms with Crippen molar-refractivity contribution in [3.63, 3.8) is 0 Å². The van der Waals surface area contributed by atoms with Crippen molar-refractivity contribution in [1.29, 1.82) is 0 Å². The first-order valence-corrected chi connectivity index (χ1v) is 11.7. The zero-order valence-corrected chi connectivity index (χ0v) is 20.7. The number of benzene rings is 1. The Bertz CT molecular complexity index is 1270. The number of ether oxygens (including phenoxy) is 2. The van der Waals surface area contributed by atoms with Crippen molar-refractivity contribution in [2.75, 3.05) is 18.6 Å². The number of anilines is 2. The highest BCUT2D eigenvalue weighted by atomic mass is 32.2. The molecular formula is C20H27N5O11S. The molecule has 204 valence electrons. The molecule has 10 N–H and O–H groups in total. The van der Waals surface area contributed by atoms with E-state index >= 15 is 0 Å². The Balaban J connectivity index is 0.000000448. The second-order valence-corrected chi connectivity index (χ2v) is 9.33. The molecule has 2 rings (SSSR count). The van der Waals surface area contributed by atoms with Crippen molar-refractivity contribution in [2.45, 2.75) is 43.1 Å². The Morgan fingerprint density at radius 1 is 1.03 bits per heavy atom. The summed E-state index contributed by atoms with van der Waals surface area (Å²) in [5, 5.41) is 39.1. The number of nitrogens with two attached hydrogens (primary N) is 3. The quantitative estimate of drug-likeness (QED) is 0.206. The number of nitrogen functional groups attached to an aromatic ring is 2. The van der Waals surface area contributed by atoms with E-state index in [9.17, 15) is 22.8 Å². The Morgan fingerprint density at radius 2 is 1.57 bits per heavy atom. The molecule has 0 unspecified atom stereocenters. The molecule has 0 spiro atoms. The number of rotatable bonds is 10. The van der Waals surface area contributed by atoms with Crippen LogP contribution in [0.4, 0.5) is 11.8 Å². The van der Waals surface area contributed by atoms with Crippen LogP contribution in [-0.2, 0) is 24.4 Å². The lowest BCUT2D eigenvalue weighted by Crippen LogP contribution is -2.42. The molecular weight excluding hydrogens is 518 g/mol. The molecule has 0 fully saturated rings. The van der Waals surface area contributed by atoms with Crippen LogP contribution in [0.5, 0.6) is 17.2 Å². The molecule has 0 saturated carbocycles. The van der Waals surface area contributed by atoms with Crippen LogP contribution in [0.15, 0.2) is 23.2 Å². The smallest absolute Gasteiger partial charge is 0.336 e. The number of sulfonamides is 1. The summed E-state index contributed by atoms with van der Waals surface area (Å²) in [6.07, 6.45) is -0.980. The van der Waals surface area contributed by atoms with Gasteiger partial charge in [-0.2, -0.15) is 4.98 Å². The van der Waals surface area contributed by atoms with Crippen LogP contribution in [-0.4, -0.2) is 69.4 Å². The van der Waals surface area contributed by atoms with Gasteiger partial charge in [0.25, 0.3) is 0 Å². The van der Waals surface area contributed by atoms with Gasteiger partial charge in [0.15, 0.2) is 17.2 Å². The number of aliphatic hydroxyl groups is 1. The first-order chi connectivity index (χ1) is 16.9. The summed E-state index contributed by atoms with van der Waals surface area (Å²) in [4.78, 5) is 37.9. The van der Waals surface area contributed by atoms with E-state index in [0.29, 0.717) is 5.56 Å². The van der Waals surface area contributed by atoms with Crippen molar-refractivity contribution in [2.24, 2.45) is 5.14 Å². The summed E-state index contributed by atoms with van der Waals surface area (Å²) in [6.45, 7) is 3.84. The van der Waals surface area contributed by atoms with Gasteiger partial charge in [0.2, 0.25) is 16.0 Å². The molecule has 0 amide bonds. The van der Waals surface area contributed by atoms with Crippen LogP contribution in [0.3, 0.4) is 0 Å². The van der Waals surface area contributed by atoms with Crippen LogP contribution in [0.1, 0.15) is 38.2 Å². The molecule has 0 aliphatic rings. The van der Waals surface area contributed by atoms with Gasteiger partial charge >= 0.3 is 17.9 Å². The fourth-order valence-electron chi connectivity index (χ4n) is 2.79. The predicted molar refractivity (Wildman–Crippen MR) is 126 cm³/mol. The van der Waals surface area contributed by atoms with Gasteiger partial charge in [0.05, 0.1) is 26.1 Å². The highest BCUT2D eigenvalue weighted by Gasteiger charge is 2.40. The van der Waals surface area contributed by atoms with E-state index in [-0.39, 0.29) is 39.8 Å². The summed E-state index contributed by atoms with van der Waals surface area (Å²) in [5.74, 6) is -4.43. The maximum atomic E-state index is 11.8. The number of hydrogen-bond acceptors (Lipinski definition) is 12. The van der Waals surface area contributed by atoms with Gasteiger partial charge in [-0.15, -0.1) is 0 Å². The molecule has 2 aromatic rings. The SMILES string of the molecule is COc1cc(C(C)C)c(Oc2cnc(N)nc2N)cc1S(N)(=O)=O.O=C(O)CC(O)(CC(=O)O)C(=O)O. The van der Waals surface area contributed by atoms with E-state index in [2.05, 4.69) is 9.97 Å². The zero-order chi connectivity index (χ0) is 28.7. The summed E-state index contributed by atoms with van der Waals surface area (Å²) in [5.41, 5.74) is 9.17. The fourth-order valence-corrected chi connectivity index (χ4v) is 3.48. The molecule has 0 aliphatic heterocycles. The maximum Gasteiger partial charge on any atom is 0.336 e. The molecule has 1 aromatic heterocycles. The van der Waals surface area contributed by atoms with Crippen LogP contribution in [0.2, 0.25) is 0 Å².